The molecule has 0 aliphatic rings. The Labute approximate surface area is 140 Å². The van der Waals surface area contributed by atoms with Crippen LogP contribution in [0.5, 0.6) is 0 Å². The molecule has 0 saturated heterocycles. The van der Waals surface area contributed by atoms with E-state index in [0.717, 1.165) is 17.3 Å². The van der Waals surface area contributed by atoms with E-state index in [4.69, 9.17) is 10.00 Å². The van der Waals surface area contributed by atoms with Crippen LogP contribution in [-0.4, -0.2) is 17.1 Å². The Bertz CT molecular complexity index is 905. The van der Waals surface area contributed by atoms with Crippen molar-refractivity contribution < 1.29 is 9.53 Å². The number of esters is 1. The first-order valence-corrected chi connectivity index (χ1v) is 7.97. The summed E-state index contributed by atoms with van der Waals surface area (Å²) < 4.78 is 7.13. The molecule has 24 heavy (non-hydrogen) atoms. The lowest BCUT2D eigenvalue weighted by atomic mass is 10.1. The minimum Gasteiger partial charge on any atom is -0.461 e. The number of hydrogen-bond acceptors (Lipinski definition) is 3. The smallest absolute Gasteiger partial charge is 0.354 e. The number of carbonyl (C=O) groups excluding carboxylic acids is 1. The molecule has 4 heteroatoms. The predicted molar refractivity (Wildman–Crippen MR) is 92.8 cm³/mol. The average Bonchev–Trinajstić information content (AvgIpc) is 2.98. The fourth-order valence-electron chi connectivity index (χ4n) is 2.82. The van der Waals surface area contributed by atoms with E-state index in [1.807, 2.05) is 41.0 Å². The van der Waals surface area contributed by atoms with E-state index in [9.17, 15) is 4.79 Å². The Morgan fingerprint density at radius 3 is 2.67 bits per heavy atom. The summed E-state index contributed by atoms with van der Waals surface area (Å²) in [5.41, 5.74) is 3.19. The third kappa shape index (κ3) is 3.16. The summed E-state index contributed by atoms with van der Waals surface area (Å²) in [4.78, 5) is 12.3. The van der Waals surface area contributed by atoms with Crippen LogP contribution in [-0.2, 0) is 17.7 Å². The summed E-state index contributed by atoms with van der Waals surface area (Å²) in [5, 5.41) is 10.1. The van der Waals surface area contributed by atoms with Crippen LogP contribution in [0.25, 0.3) is 10.9 Å². The molecule has 0 radical (unpaired) electrons. The van der Waals surface area contributed by atoms with Gasteiger partial charge in [-0.3, -0.25) is 0 Å². The van der Waals surface area contributed by atoms with Crippen molar-refractivity contribution in [3.05, 3.63) is 71.4 Å². The van der Waals surface area contributed by atoms with E-state index in [1.165, 1.54) is 5.56 Å². The number of benzene rings is 2. The number of nitrogens with zero attached hydrogens (tertiary/aromatic N) is 2. The molecule has 1 aromatic heterocycles. The Kier molecular flexibility index (Phi) is 4.62. The van der Waals surface area contributed by atoms with Gasteiger partial charge in [-0.2, -0.15) is 5.26 Å². The van der Waals surface area contributed by atoms with Crippen LogP contribution in [0.15, 0.2) is 54.6 Å². The zero-order chi connectivity index (χ0) is 16.9. The summed E-state index contributed by atoms with van der Waals surface area (Å²) >= 11 is 0. The second kappa shape index (κ2) is 7.01. The number of hydrogen-bond donors (Lipinski definition) is 0. The molecule has 0 spiro atoms. The van der Waals surface area contributed by atoms with Crippen molar-refractivity contribution in [1.29, 1.82) is 5.26 Å². The number of fused-ring (bicyclic) bond motifs is 1. The lowest BCUT2D eigenvalue weighted by molar-refractivity contribution is 0.0514. The zero-order valence-electron chi connectivity index (χ0n) is 13.5. The van der Waals surface area contributed by atoms with Crippen molar-refractivity contribution >= 4 is 16.9 Å². The van der Waals surface area contributed by atoms with E-state index in [2.05, 4.69) is 18.2 Å². The van der Waals surface area contributed by atoms with Crippen LogP contribution in [0.3, 0.4) is 0 Å². The topological polar surface area (TPSA) is 55.0 Å². The maximum absolute atomic E-state index is 12.3. The standard InChI is InChI=1S/C20H18N2O2/c1-2-24-20(23)19-13-17-9-8-16(14-21)12-18(17)22(19)11-10-15-6-4-3-5-7-15/h3-9,12-13H,2,10-11H2,1H3. The summed E-state index contributed by atoms with van der Waals surface area (Å²) in [6, 6.07) is 19.6. The molecule has 0 N–H and O–H groups in total. The van der Waals surface area contributed by atoms with Gasteiger partial charge in [-0.1, -0.05) is 36.4 Å². The maximum atomic E-state index is 12.3. The van der Waals surface area contributed by atoms with Crippen LogP contribution >= 0.6 is 0 Å². The molecule has 0 saturated carbocycles. The van der Waals surface area contributed by atoms with Gasteiger partial charge in [0.25, 0.3) is 0 Å². The molecule has 3 rings (SSSR count). The van der Waals surface area contributed by atoms with Gasteiger partial charge in [0, 0.05) is 17.4 Å². The monoisotopic (exact) mass is 318 g/mol. The SMILES string of the molecule is CCOC(=O)c1cc2ccc(C#N)cc2n1CCc1ccccc1. The molecule has 2 aromatic carbocycles. The van der Waals surface area contributed by atoms with E-state index in [1.54, 1.807) is 13.0 Å². The molecule has 4 nitrogen and oxygen atoms in total. The van der Waals surface area contributed by atoms with Crippen molar-refractivity contribution in [3.8, 4) is 6.07 Å². The average molecular weight is 318 g/mol. The van der Waals surface area contributed by atoms with Crippen molar-refractivity contribution in [3.63, 3.8) is 0 Å². The molecular weight excluding hydrogens is 300 g/mol. The number of aryl methyl sites for hydroxylation is 2. The predicted octanol–water partition coefficient (Wildman–Crippen LogP) is 3.93. The lowest BCUT2D eigenvalue weighted by Gasteiger charge is -2.10. The molecule has 1 heterocycles. The fraction of sp³-hybridized carbons (Fsp3) is 0.200. The van der Waals surface area contributed by atoms with Gasteiger partial charge in [0.15, 0.2) is 0 Å². The first-order chi connectivity index (χ1) is 11.7. The molecule has 0 bridgehead atoms. The van der Waals surface area contributed by atoms with E-state index in [0.29, 0.717) is 24.4 Å². The van der Waals surface area contributed by atoms with Crippen LogP contribution in [0.1, 0.15) is 28.5 Å². The van der Waals surface area contributed by atoms with Crippen LogP contribution in [0.2, 0.25) is 0 Å². The summed E-state index contributed by atoms with van der Waals surface area (Å²) in [6.45, 7) is 2.78. The highest BCUT2D eigenvalue weighted by Crippen LogP contribution is 2.23. The van der Waals surface area contributed by atoms with Gasteiger partial charge in [-0.05, 0) is 37.1 Å². The van der Waals surface area contributed by atoms with Gasteiger partial charge in [0.1, 0.15) is 5.69 Å². The van der Waals surface area contributed by atoms with Crippen molar-refractivity contribution in [2.24, 2.45) is 0 Å². The Hall–Kier alpha value is -3.06. The molecule has 0 amide bonds. The Balaban J connectivity index is 2.02. The summed E-state index contributed by atoms with van der Waals surface area (Å²) in [6.07, 6.45) is 0.799. The highest BCUT2D eigenvalue weighted by atomic mass is 16.5. The normalized spacial score (nSPS) is 10.5. The third-order valence-corrected chi connectivity index (χ3v) is 3.98. The first-order valence-electron chi connectivity index (χ1n) is 7.97. The van der Waals surface area contributed by atoms with Gasteiger partial charge < -0.3 is 9.30 Å². The molecule has 0 fully saturated rings. The van der Waals surface area contributed by atoms with E-state index < -0.39 is 0 Å². The number of nitriles is 1. The maximum Gasteiger partial charge on any atom is 0.354 e. The molecular formula is C20H18N2O2. The van der Waals surface area contributed by atoms with Gasteiger partial charge >= 0.3 is 5.97 Å². The zero-order valence-corrected chi connectivity index (χ0v) is 13.5. The van der Waals surface area contributed by atoms with Crippen LogP contribution < -0.4 is 0 Å². The van der Waals surface area contributed by atoms with E-state index in [-0.39, 0.29) is 5.97 Å². The van der Waals surface area contributed by atoms with Gasteiger partial charge in [0.2, 0.25) is 0 Å². The summed E-state index contributed by atoms with van der Waals surface area (Å²) in [5.74, 6) is -0.333. The number of aromatic nitrogens is 1. The third-order valence-electron chi connectivity index (χ3n) is 3.98. The van der Waals surface area contributed by atoms with Gasteiger partial charge in [0.05, 0.1) is 18.2 Å². The Morgan fingerprint density at radius 2 is 1.96 bits per heavy atom. The molecule has 0 aliphatic heterocycles. The van der Waals surface area contributed by atoms with Crippen molar-refractivity contribution in [2.45, 2.75) is 19.9 Å². The highest BCUT2D eigenvalue weighted by molar-refractivity contribution is 5.96. The quantitative estimate of drug-likeness (QED) is 0.670. The van der Waals surface area contributed by atoms with E-state index >= 15 is 0 Å². The second-order valence-electron chi connectivity index (χ2n) is 5.52. The van der Waals surface area contributed by atoms with Gasteiger partial charge in [-0.25, -0.2) is 4.79 Å². The largest absolute Gasteiger partial charge is 0.461 e. The molecule has 3 aromatic rings. The lowest BCUT2D eigenvalue weighted by Crippen LogP contribution is -2.13. The number of ether oxygens (including phenoxy) is 1. The first kappa shape index (κ1) is 15.8. The molecule has 0 aliphatic carbocycles. The van der Waals surface area contributed by atoms with Crippen molar-refractivity contribution in [2.75, 3.05) is 6.61 Å². The fourth-order valence-corrected chi connectivity index (χ4v) is 2.82. The highest BCUT2D eigenvalue weighted by Gasteiger charge is 2.17. The molecule has 0 unspecified atom stereocenters. The minimum absolute atomic E-state index is 0.333. The summed E-state index contributed by atoms with van der Waals surface area (Å²) in [7, 11) is 0. The second-order valence-corrected chi connectivity index (χ2v) is 5.52. The molecule has 120 valence electrons. The van der Waals surface area contributed by atoms with Gasteiger partial charge in [-0.15, -0.1) is 0 Å². The number of carbonyl (C=O) groups is 1. The molecule has 0 atom stereocenters. The van der Waals surface area contributed by atoms with Crippen molar-refractivity contribution in [1.82, 2.24) is 4.57 Å². The van der Waals surface area contributed by atoms with Crippen LogP contribution in [0.4, 0.5) is 0 Å². The Morgan fingerprint density at radius 1 is 1.17 bits per heavy atom. The minimum atomic E-state index is -0.333. The number of rotatable bonds is 5. The van der Waals surface area contributed by atoms with Crippen LogP contribution in [0, 0.1) is 11.3 Å².